The Hall–Kier alpha value is -3.94. The number of alkyl halides is 2. The van der Waals surface area contributed by atoms with Crippen molar-refractivity contribution in [3.8, 4) is 11.5 Å². The molecule has 0 aliphatic heterocycles. The van der Waals surface area contributed by atoms with E-state index in [1.807, 2.05) is 12.1 Å². The van der Waals surface area contributed by atoms with E-state index < -0.39 is 12.5 Å². The van der Waals surface area contributed by atoms with Gasteiger partial charge < -0.3 is 19.8 Å². The Balaban J connectivity index is 1.50. The molecule has 6 nitrogen and oxygen atoms in total. The molecule has 1 amide bonds. The second-order valence-corrected chi connectivity index (χ2v) is 6.42. The SMILES string of the molecule is O=C(COc1ccc2[nH]c3ccccc3c(=O)c2c1)Nc1ccccc1OC(F)F. The Morgan fingerprint density at radius 2 is 1.70 bits per heavy atom. The number of amides is 1. The molecule has 30 heavy (non-hydrogen) atoms. The summed E-state index contributed by atoms with van der Waals surface area (Å²) >= 11 is 0. The Morgan fingerprint density at radius 1 is 0.967 bits per heavy atom. The Bertz CT molecular complexity index is 1290. The highest BCUT2D eigenvalue weighted by Crippen LogP contribution is 2.25. The summed E-state index contributed by atoms with van der Waals surface area (Å²) in [4.78, 5) is 28.1. The molecule has 0 saturated heterocycles. The Kier molecular flexibility index (Phi) is 5.30. The van der Waals surface area contributed by atoms with E-state index in [9.17, 15) is 18.4 Å². The number of carbonyl (C=O) groups is 1. The second-order valence-electron chi connectivity index (χ2n) is 6.42. The van der Waals surface area contributed by atoms with Crippen LogP contribution in [0.4, 0.5) is 14.5 Å². The zero-order valence-corrected chi connectivity index (χ0v) is 15.5. The van der Waals surface area contributed by atoms with E-state index >= 15 is 0 Å². The summed E-state index contributed by atoms with van der Waals surface area (Å²) in [7, 11) is 0. The van der Waals surface area contributed by atoms with Gasteiger partial charge in [-0.25, -0.2) is 0 Å². The fourth-order valence-corrected chi connectivity index (χ4v) is 3.09. The minimum Gasteiger partial charge on any atom is -0.484 e. The quantitative estimate of drug-likeness (QED) is 0.465. The number of carbonyl (C=O) groups excluding carboxylic acids is 1. The van der Waals surface area contributed by atoms with Crippen molar-refractivity contribution in [3.05, 3.63) is 77.0 Å². The number of para-hydroxylation sites is 3. The normalized spacial score (nSPS) is 11.0. The van der Waals surface area contributed by atoms with Crippen LogP contribution in [-0.4, -0.2) is 24.1 Å². The third-order valence-electron chi connectivity index (χ3n) is 4.42. The first-order valence-electron chi connectivity index (χ1n) is 9.02. The highest BCUT2D eigenvalue weighted by Gasteiger charge is 2.12. The first-order chi connectivity index (χ1) is 14.5. The first-order valence-corrected chi connectivity index (χ1v) is 9.02. The molecular formula is C22H16F2N2O4. The van der Waals surface area contributed by atoms with Gasteiger partial charge in [0, 0.05) is 16.3 Å². The number of hydrogen-bond donors (Lipinski definition) is 2. The van der Waals surface area contributed by atoms with Gasteiger partial charge in [-0.05, 0) is 42.5 Å². The van der Waals surface area contributed by atoms with Crippen molar-refractivity contribution in [1.29, 1.82) is 0 Å². The molecule has 3 aromatic carbocycles. The lowest BCUT2D eigenvalue weighted by Crippen LogP contribution is -2.21. The maximum Gasteiger partial charge on any atom is 0.387 e. The van der Waals surface area contributed by atoms with Gasteiger partial charge in [-0.3, -0.25) is 9.59 Å². The second kappa shape index (κ2) is 8.20. The van der Waals surface area contributed by atoms with E-state index in [0.717, 1.165) is 5.52 Å². The van der Waals surface area contributed by atoms with Crippen LogP contribution in [0.2, 0.25) is 0 Å². The largest absolute Gasteiger partial charge is 0.484 e. The molecule has 1 heterocycles. The van der Waals surface area contributed by atoms with Gasteiger partial charge in [0.25, 0.3) is 5.91 Å². The van der Waals surface area contributed by atoms with Crippen LogP contribution in [-0.2, 0) is 4.79 Å². The maximum atomic E-state index is 12.7. The number of halogens is 2. The lowest BCUT2D eigenvalue weighted by atomic mass is 10.1. The van der Waals surface area contributed by atoms with E-state index in [-0.39, 0.29) is 23.5 Å². The van der Waals surface area contributed by atoms with Crippen LogP contribution < -0.4 is 20.2 Å². The average Bonchev–Trinajstić information content (AvgIpc) is 2.74. The third kappa shape index (κ3) is 4.07. The van der Waals surface area contributed by atoms with Gasteiger partial charge in [-0.15, -0.1) is 0 Å². The van der Waals surface area contributed by atoms with Crippen molar-refractivity contribution in [2.24, 2.45) is 0 Å². The average molecular weight is 410 g/mol. The molecule has 0 radical (unpaired) electrons. The molecule has 0 bridgehead atoms. The van der Waals surface area contributed by atoms with Crippen molar-refractivity contribution in [3.63, 3.8) is 0 Å². The molecule has 1 aromatic heterocycles. The highest BCUT2D eigenvalue weighted by molar-refractivity contribution is 5.94. The van der Waals surface area contributed by atoms with E-state index in [1.54, 1.807) is 36.4 Å². The van der Waals surface area contributed by atoms with E-state index in [0.29, 0.717) is 22.0 Å². The number of hydrogen-bond acceptors (Lipinski definition) is 4. The van der Waals surface area contributed by atoms with E-state index in [1.165, 1.54) is 18.2 Å². The zero-order chi connectivity index (χ0) is 21.1. The number of rotatable bonds is 6. The van der Waals surface area contributed by atoms with Crippen LogP contribution in [0.3, 0.4) is 0 Å². The van der Waals surface area contributed by atoms with Crippen LogP contribution >= 0.6 is 0 Å². The molecule has 0 unspecified atom stereocenters. The number of H-pyrrole nitrogens is 1. The lowest BCUT2D eigenvalue weighted by molar-refractivity contribution is -0.118. The van der Waals surface area contributed by atoms with Crippen LogP contribution in [0.15, 0.2) is 71.5 Å². The maximum absolute atomic E-state index is 12.7. The molecule has 2 N–H and O–H groups in total. The number of benzene rings is 3. The summed E-state index contributed by atoms with van der Waals surface area (Å²) in [5.74, 6) is -0.381. The summed E-state index contributed by atoms with van der Waals surface area (Å²) < 4.78 is 34.8. The van der Waals surface area contributed by atoms with Crippen LogP contribution in [0.5, 0.6) is 11.5 Å². The summed E-state index contributed by atoms with van der Waals surface area (Å²) in [6.07, 6.45) is 0. The van der Waals surface area contributed by atoms with Crippen molar-refractivity contribution in [2.45, 2.75) is 6.61 Å². The topological polar surface area (TPSA) is 80.4 Å². The summed E-state index contributed by atoms with van der Waals surface area (Å²) in [5, 5.41) is 3.45. The summed E-state index contributed by atoms with van der Waals surface area (Å²) in [5.41, 5.74) is 1.33. The van der Waals surface area contributed by atoms with Crippen LogP contribution in [0.1, 0.15) is 0 Å². The molecule has 152 valence electrons. The monoisotopic (exact) mass is 410 g/mol. The van der Waals surface area contributed by atoms with Gasteiger partial charge >= 0.3 is 6.61 Å². The predicted octanol–water partition coefficient (Wildman–Crippen LogP) is 4.30. The molecule has 0 fully saturated rings. The predicted molar refractivity (Wildman–Crippen MR) is 109 cm³/mol. The smallest absolute Gasteiger partial charge is 0.387 e. The van der Waals surface area contributed by atoms with E-state index in [4.69, 9.17) is 4.74 Å². The van der Waals surface area contributed by atoms with Crippen LogP contribution in [0, 0.1) is 0 Å². The van der Waals surface area contributed by atoms with Gasteiger partial charge in [0.15, 0.2) is 12.0 Å². The number of ether oxygens (including phenoxy) is 2. The minimum absolute atomic E-state index is 0.104. The Labute approximate surface area is 169 Å². The molecule has 0 saturated carbocycles. The van der Waals surface area contributed by atoms with Gasteiger partial charge in [0.2, 0.25) is 0 Å². The number of pyridine rings is 1. The van der Waals surface area contributed by atoms with Gasteiger partial charge in [-0.1, -0.05) is 24.3 Å². The molecule has 0 aliphatic rings. The Morgan fingerprint density at radius 3 is 2.53 bits per heavy atom. The molecule has 0 atom stereocenters. The molecule has 8 heteroatoms. The van der Waals surface area contributed by atoms with Crippen molar-refractivity contribution >= 4 is 33.4 Å². The highest BCUT2D eigenvalue weighted by atomic mass is 19.3. The fourth-order valence-electron chi connectivity index (χ4n) is 3.09. The standard InChI is InChI=1S/C22H16F2N2O4/c23-22(24)30-19-8-4-3-7-18(19)26-20(27)12-29-13-9-10-17-15(11-13)21(28)14-5-1-2-6-16(14)25-17/h1-11,22H,12H2,(H,25,28)(H,26,27). The van der Waals surface area contributed by atoms with Gasteiger partial charge in [0.1, 0.15) is 11.5 Å². The van der Waals surface area contributed by atoms with E-state index in [2.05, 4.69) is 15.0 Å². The fraction of sp³-hybridized carbons (Fsp3) is 0.0909. The molecule has 0 spiro atoms. The first kappa shape index (κ1) is 19.4. The third-order valence-corrected chi connectivity index (χ3v) is 4.42. The minimum atomic E-state index is -3.01. The number of aromatic amines is 1. The van der Waals surface area contributed by atoms with Gasteiger partial charge in [0.05, 0.1) is 11.2 Å². The number of nitrogens with one attached hydrogen (secondary N) is 2. The van der Waals surface area contributed by atoms with Crippen molar-refractivity contribution in [2.75, 3.05) is 11.9 Å². The van der Waals surface area contributed by atoms with Crippen molar-refractivity contribution < 1.29 is 23.0 Å². The van der Waals surface area contributed by atoms with Crippen LogP contribution in [0.25, 0.3) is 21.8 Å². The molecule has 0 aliphatic carbocycles. The number of anilines is 1. The molecule has 4 aromatic rings. The summed E-state index contributed by atoms with van der Waals surface area (Å²) in [6, 6.07) is 17.9. The lowest BCUT2D eigenvalue weighted by Gasteiger charge is -2.12. The molecule has 4 rings (SSSR count). The van der Waals surface area contributed by atoms with Gasteiger partial charge in [-0.2, -0.15) is 8.78 Å². The summed E-state index contributed by atoms with van der Waals surface area (Å²) in [6.45, 7) is -3.38. The molecular weight excluding hydrogens is 394 g/mol. The number of aromatic nitrogens is 1. The zero-order valence-electron chi connectivity index (χ0n) is 15.5. The van der Waals surface area contributed by atoms with Crippen molar-refractivity contribution in [1.82, 2.24) is 4.98 Å². The number of fused-ring (bicyclic) bond motifs is 2.